The summed E-state index contributed by atoms with van der Waals surface area (Å²) in [4.78, 5) is 23.5. The Balaban J connectivity index is 2.54. The molecule has 0 bridgehead atoms. The van der Waals surface area contributed by atoms with E-state index in [0.717, 1.165) is 22.5 Å². The maximum absolute atomic E-state index is 12.0. The molecule has 22 heavy (non-hydrogen) atoms. The first-order valence-corrected chi connectivity index (χ1v) is 6.68. The predicted molar refractivity (Wildman–Crippen MR) is 82.9 cm³/mol. The Kier molecular flexibility index (Phi) is 4.50. The highest BCUT2D eigenvalue weighted by molar-refractivity contribution is 5.98. The summed E-state index contributed by atoms with van der Waals surface area (Å²) in [6.45, 7) is 1.98. The van der Waals surface area contributed by atoms with Crippen LogP contribution in [-0.2, 0) is 19.1 Å². The number of carbonyl (C=O) groups excluding carboxylic acids is 2. The molecule has 1 aromatic carbocycles. The van der Waals surface area contributed by atoms with Gasteiger partial charge < -0.3 is 9.47 Å². The van der Waals surface area contributed by atoms with E-state index in [-0.39, 0.29) is 5.70 Å². The van der Waals surface area contributed by atoms with Gasteiger partial charge in [-0.3, -0.25) is 9.69 Å². The Morgan fingerprint density at radius 2 is 1.86 bits per heavy atom. The molecule has 0 aliphatic heterocycles. The quantitative estimate of drug-likeness (QED) is 0.636. The number of methoxy groups -OCH3 is 2. The van der Waals surface area contributed by atoms with Crippen LogP contribution in [0, 0.1) is 6.92 Å². The molecule has 0 saturated heterocycles. The maximum atomic E-state index is 12.0. The lowest BCUT2D eigenvalue weighted by atomic mass is 10.2. The van der Waals surface area contributed by atoms with Gasteiger partial charge in [0.2, 0.25) is 0 Å². The number of para-hydroxylation sites is 1. The van der Waals surface area contributed by atoms with E-state index < -0.39 is 11.9 Å². The number of fused-ring (bicyclic) bond motifs is 1. The number of benzene rings is 1. The van der Waals surface area contributed by atoms with Crippen molar-refractivity contribution in [2.45, 2.75) is 6.92 Å². The van der Waals surface area contributed by atoms with E-state index in [1.807, 2.05) is 37.4 Å². The lowest BCUT2D eigenvalue weighted by Crippen LogP contribution is -2.33. The minimum absolute atomic E-state index is 0.0788. The van der Waals surface area contributed by atoms with Crippen molar-refractivity contribution < 1.29 is 19.1 Å². The number of esters is 2. The molecule has 0 aliphatic rings. The number of hydrogen-bond acceptors (Lipinski definition) is 5. The fourth-order valence-corrected chi connectivity index (χ4v) is 2.25. The third-order valence-corrected chi connectivity index (χ3v) is 3.41. The molecule has 0 atom stereocenters. The minimum atomic E-state index is -0.625. The van der Waals surface area contributed by atoms with E-state index in [4.69, 9.17) is 4.74 Å². The van der Waals surface area contributed by atoms with Crippen LogP contribution in [0.2, 0.25) is 0 Å². The molecular formula is C16H18N2O4. The van der Waals surface area contributed by atoms with Crippen LogP contribution in [0.15, 0.2) is 42.2 Å². The number of aromatic nitrogens is 1. The molecule has 0 unspecified atom stereocenters. The third kappa shape index (κ3) is 2.81. The second-order valence-corrected chi connectivity index (χ2v) is 4.74. The Hall–Kier alpha value is -2.76. The normalized spacial score (nSPS) is 11.4. The number of likely N-dealkylation sites (N-methyl/N-ethyl adjacent to an activating group) is 1. The molecule has 1 aromatic heterocycles. The summed E-state index contributed by atoms with van der Waals surface area (Å²) in [5.41, 5.74) is 2.06. The molecule has 1 heterocycles. The Morgan fingerprint density at radius 1 is 1.18 bits per heavy atom. The SMILES string of the molecule is COC(=O)/C=C(\C(=O)OC)N(C)n1cc(C)c2ccccc21. The molecule has 0 radical (unpaired) electrons. The van der Waals surface area contributed by atoms with E-state index in [1.54, 1.807) is 16.7 Å². The number of carbonyl (C=O) groups is 2. The van der Waals surface area contributed by atoms with Crippen LogP contribution in [0.3, 0.4) is 0 Å². The van der Waals surface area contributed by atoms with Gasteiger partial charge in [0.15, 0.2) is 0 Å². The van der Waals surface area contributed by atoms with Crippen molar-refractivity contribution in [1.82, 2.24) is 4.68 Å². The van der Waals surface area contributed by atoms with E-state index >= 15 is 0 Å². The standard InChI is InChI=1S/C16H18N2O4/c1-11-10-18(13-8-6-5-7-12(11)13)17(2)14(16(20)22-4)9-15(19)21-3/h5-10H,1-4H3/b14-9+. The molecule has 2 aromatic rings. The first-order chi connectivity index (χ1) is 10.5. The summed E-state index contributed by atoms with van der Waals surface area (Å²) in [6, 6.07) is 7.79. The molecule has 0 aliphatic carbocycles. The van der Waals surface area contributed by atoms with Crippen LogP contribution in [0.5, 0.6) is 0 Å². The molecule has 116 valence electrons. The van der Waals surface area contributed by atoms with Crippen molar-refractivity contribution in [3.05, 3.63) is 47.8 Å². The van der Waals surface area contributed by atoms with Crippen molar-refractivity contribution in [3.63, 3.8) is 0 Å². The van der Waals surface area contributed by atoms with Crippen LogP contribution < -0.4 is 5.01 Å². The predicted octanol–water partition coefficient (Wildman–Crippen LogP) is 1.75. The highest BCUT2D eigenvalue weighted by Gasteiger charge is 2.20. The third-order valence-electron chi connectivity index (χ3n) is 3.41. The molecule has 0 spiro atoms. The van der Waals surface area contributed by atoms with Crippen molar-refractivity contribution >= 4 is 22.8 Å². The lowest BCUT2D eigenvalue weighted by Gasteiger charge is -2.23. The summed E-state index contributed by atoms with van der Waals surface area (Å²) < 4.78 is 11.1. The van der Waals surface area contributed by atoms with Crippen LogP contribution in [-0.4, -0.2) is 37.9 Å². The van der Waals surface area contributed by atoms with Gasteiger partial charge in [-0.1, -0.05) is 18.2 Å². The van der Waals surface area contributed by atoms with E-state index in [2.05, 4.69) is 4.74 Å². The second kappa shape index (κ2) is 6.34. The molecule has 0 saturated carbocycles. The van der Waals surface area contributed by atoms with E-state index in [9.17, 15) is 9.59 Å². The summed E-state index contributed by atoms with van der Waals surface area (Å²) in [5.74, 6) is -1.25. The smallest absolute Gasteiger partial charge is 0.356 e. The highest BCUT2D eigenvalue weighted by Crippen LogP contribution is 2.21. The molecule has 0 amide bonds. The van der Waals surface area contributed by atoms with Gasteiger partial charge in [0.1, 0.15) is 5.70 Å². The first-order valence-electron chi connectivity index (χ1n) is 6.68. The fourth-order valence-electron chi connectivity index (χ4n) is 2.25. The first kappa shape index (κ1) is 15.6. The Bertz CT molecular complexity index is 746. The van der Waals surface area contributed by atoms with Crippen LogP contribution >= 0.6 is 0 Å². The number of nitrogens with zero attached hydrogens (tertiary/aromatic N) is 2. The zero-order chi connectivity index (χ0) is 16.3. The average molecular weight is 302 g/mol. The van der Waals surface area contributed by atoms with E-state index in [1.165, 1.54) is 14.2 Å². The van der Waals surface area contributed by atoms with Gasteiger partial charge in [0.05, 0.1) is 25.8 Å². The van der Waals surface area contributed by atoms with Gasteiger partial charge in [-0.25, -0.2) is 9.59 Å². The van der Waals surface area contributed by atoms with Gasteiger partial charge >= 0.3 is 11.9 Å². The zero-order valence-corrected chi connectivity index (χ0v) is 13.0. The van der Waals surface area contributed by atoms with Gasteiger partial charge in [-0.15, -0.1) is 0 Å². The van der Waals surface area contributed by atoms with Crippen molar-refractivity contribution in [3.8, 4) is 0 Å². The van der Waals surface area contributed by atoms with Gasteiger partial charge in [-0.05, 0) is 18.6 Å². The Labute approximate surface area is 128 Å². The topological polar surface area (TPSA) is 60.8 Å². The minimum Gasteiger partial charge on any atom is -0.466 e. The second-order valence-electron chi connectivity index (χ2n) is 4.74. The van der Waals surface area contributed by atoms with Crippen LogP contribution in [0.4, 0.5) is 0 Å². The number of rotatable bonds is 4. The fraction of sp³-hybridized carbons (Fsp3) is 0.250. The summed E-state index contributed by atoms with van der Waals surface area (Å²) in [7, 11) is 4.20. The number of hydrogen-bond donors (Lipinski definition) is 0. The molecular weight excluding hydrogens is 284 g/mol. The van der Waals surface area contributed by atoms with Crippen molar-refractivity contribution in [2.24, 2.45) is 0 Å². The van der Waals surface area contributed by atoms with Gasteiger partial charge in [0, 0.05) is 18.6 Å². The van der Waals surface area contributed by atoms with Gasteiger partial charge in [-0.2, -0.15) is 0 Å². The summed E-state index contributed by atoms with van der Waals surface area (Å²) in [6.07, 6.45) is 2.99. The maximum Gasteiger partial charge on any atom is 0.356 e. The van der Waals surface area contributed by atoms with Crippen LogP contribution in [0.25, 0.3) is 10.9 Å². The largest absolute Gasteiger partial charge is 0.466 e. The molecule has 0 fully saturated rings. The summed E-state index contributed by atoms with van der Waals surface area (Å²) >= 11 is 0. The lowest BCUT2D eigenvalue weighted by molar-refractivity contribution is -0.138. The molecule has 6 heteroatoms. The summed E-state index contributed by atoms with van der Waals surface area (Å²) in [5, 5.41) is 2.62. The highest BCUT2D eigenvalue weighted by atomic mass is 16.5. The van der Waals surface area contributed by atoms with Crippen LogP contribution in [0.1, 0.15) is 5.56 Å². The average Bonchev–Trinajstić information content (AvgIpc) is 2.88. The van der Waals surface area contributed by atoms with Crippen molar-refractivity contribution in [1.29, 1.82) is 0 Å². The zero-order valence-electron chi connectivity index (χ0n) is 13.0. The van der Waals surface area contributed by atoms with Crippen molar-refractivity contribution in [2.75, 3.05) is 26.3 Å². The number of aryl methyl sites for hydroxylation is 1. The molecule has 6 nitrogen and oxygen atoms in total. The molecule has 0 N–H and O–H groups in total. The monoisotopic (exact) mass is 302 g/mol. The Morgan fingerprint density at radius 3 is 2.50 bits per heavy atom. The number of ether oxygens (including phenoxy) is 2. The molecule has 2 rings (SSSR count). The van der Waals surface area contributed by atoms with Gasteiger partial charge in [0.25, 0.3) is 0 Å². The van der Waals surface area contributed by atoms with E-state index in [0.29, 0.717) is 0 Å².